The van der Waals surface area contributed by atoms with E-state index in [4.69, 9.17) is 5.73 Å². The topological polar surface area (TPSA) is 72.9 Å². The fourth-order valence-electron chi connectivity index (χ4n) is 1.86. The molecule has 94 valence electrons. The van der Waals surface area contributed by atoms with Crippen molar-refractivity contribution in [1.29, 1.82) is 0 Å². The summed E-state index contributed by atoms with van der Waals surface area (Å²) < 4.78 is 2.05. The van der Waals surface area contributed by atoms with Gasteiger partial charge >= 0.3 is 0 Å². The lowest BCUT2D eigenvalue weighted by Gasteiger charge is -2.10. The zero-order chi connectivity index (χ0) is 13.0. The van der Waals surface area contributed by atoms with Crippen molar-refractivity contribution in [3.63, 3.8) is 0 Å². The van der Waals surface area contributed by atoms with E-state index in [2.05, 4.69) is 10.3 Å². The highest BCUT2D eigenvalue weighted by molar-refractivity contribution is 5.75. The van der Waals surface area contributed by atoms with Gasteiger partial charge in [-0.05, 0) is 19.1 Å². The van der Waals surface area contributed by atoms with E-state index in [9.17, 15) is 4.79 Å². The highest BCUT2D eigenvalue weighted by Gasteiger charge is 2.08. The van der Waals surface area contributed by atoms with Crippen molar-refractivity contribution in [3.8, 4) is 5.69 Å². The van der Waals surface area contributed by atoms with Crippen molar-refractivity contribution in [1.82, 2.24) is 14.9 Å². The van der Waals surface area contributed by atoms with Crippen molar-refractivity contribution < 1.29 is 4.79 Å². The molecule has 5 heteroatoms. The monoisotopic (exact) mass is 244 g/mol. The lowest BCUT2D eigenvalue weighted by molar-refractivity contribution is -0.117. The molecule has 1 amide bonds. The molecule has 3 N–H and O–H groups in total. The number of rotatable bonds is 5. The molecule has 5 nitrogen and oxygen atoms in total. The number of nitrogens with one attached hydrogen (secondary N) is 1. The Labute approximate surface area is 106 Å². The summed E-state index contributed by atoms with van der Waals surface area (Å²) in [4.78, 5) is 15.0. The molecule has 0 aliphatic heterocycles. The maximum Gasteiger partial charge on any atom is 0.231 e. The van der Waals surface area contributed by atoms with Crippen LogP contribution in [0.3, 0.4) is 0 Å². The van der Waals surface area contributed by atoms with Gasteiger partial charge in [-0.1, -0.05) is 18.2 Å². The minimum atomic E-state index is -0.363. The molecule has 1 heterocycles. The number of carbonyl (C=O) groups is 1. The molecule has 0 aliphatic rings. The number of aryl methyl sites for hydroxylation is 1. The molecule has 0 bridgehead atoms. The summed E-state index contributed by atoms with van der Waals surface area (Å²) in [6.45, 7) is 2.67. The molecule has 0 spiro atoms. The summed E-state index contributed by atoms with van der Waals surface area (Å²) >= 11 is 0. The van der Waals surface area contributed by atoms with E-state index in [-0.39, 0.29) is 12.5 Å². The number of hydrogen-bond donors (Lipinski definition) is 2. The van der Waals surface area contributed by atoms with Gasteiger partial charge in [0.05, 0.1) is 18.4 Å². The Morgan fingerprint density at radius 3 is 2.78 bits per heavy atom. The fraction of sp³-hybridized carbons (Fsp3) is 0.231. The average molecular weight is 244 g/mol. The quantitative estimate of drug-likeness (QED) is 0.815. The average Bonchev–Trinajstić information content (AvgIpc) is 2.71. The second-order valence-corrected chi connectivity index (χ2v) is 4.04. The normalized spacial score (nSPS) is 10.5. The third-order valence-corrected chi connectivity index (χ3v) is 2.63. The predicted molar refractivity (Wildman–Crippen MR) is 69.2 cm³/mol. The minimum Gasteiger partial charge on any atom is -0.369 e. The molecular formula is C13H16N4O. The molecule has 18 heavy (non-hydrogen) atoms. The van der Waals surface area contributed by atoms with Crippen molar-refractivity contribution in [3.05, 3.63) is 48.0 Å². The SMILES string of the molecule is Cc1ncc(CNCC(N)=O)n1-c1ccccc1. The molecule has 0 atom stereocenters. The first kappa shape index (κ1) is 12.3. The van der Waals surface area contributed by atoms with Crippen molar-refractivity contribution in [2.75, 3.05) is 6.54 Å². The number of aromatic nitrogens is 2. The van der Waals surface area contributed by atoms with Crippen molar-refractivity contribution in [2.45, 2.75) is 13.5 Å². The van der Waals surface area contributed by atoms with Crippen LogP contribution in [0.2, 0.25) is 0 Å². The van der Waals surface area contributed by atoms with Crippen LogP contribution in [0.4, 0.5) is 0 Å². The zero-order valence-electron chi connectivity index (χ0n) is 10.3. The van der Waals surface area contributed by atoms with Crippen LogP contribution in [0.25, 0.3) is 5.69 Å². The number of amides is 1. The van der Waals surface area contributed by atoms with Gasteiger partial charge in [0.25, 0.3) is 0 Å². The number of nitrogens with two attached hydrogens (primary N) is 1. The summed E-state index contributed by atoms with van der Waals surface area (Å²) in [5.74, 6) is 0.551. The first-order valence-electron chi connectivity index (χ1n) is 5.76. The van der Waals surface area contributed by atoms with Crippen LogP contribution in [-0.4, -0.2) is 22.0 Å². The van der Waals surface area contributed by atoms with Gasteiger partial charge < -0.3 is 11.1 Å². The third-order valence-electron chi connectivity index (χ3n) is 2.63. The standard InChI is InChI=1S/C13H16N4O/c1-10-16-8-12(7-15-9-13(14)18)17(10)11-5-3-2-4-6-11/h2-6,8,15H,7,9H2,1H3,(H2,14,18). The summed E-state index contributed by atoms with van der Waals surface area (Å²) in [5.41, 5.74) is 7.15. The van der Waals surface area contributed by atoms with E-state index in [1.165, 1.54) is 0 Å². The highest BCUT2D eigenvalue weighted by atomic mass is 16.1. The van der Waals surface area contributed by atoms with Crippen molar-refractivity contribution >= 4 is 5.91 Å². The number of hydrogen-bond acceptors (Lipinski definition) is 3. The summed E-state index contributed by atoms with van der Waals surface area (Å²) in [6, 6.07) is 9.98. The van der Waals surface area contributed by atoms with E-state index >= 15 is 0 Å². The van der Waals surface area contributed by atoms with Crippen LogP contribution >= 0.6 is 0 Å². The van der Waals surface area contributed by atoms with Gasteiger partial charge in [0.2, 0.25) is 5.91 Å². The van der Waals surface area contributed by atoms with E-state index in [0.29, 0.717) is 6.54 Å². The Bertz CT molecular complexity index is 533. The molecule has 1 aromatic heterocycles. The smallest absolute Gasteiger partial charge is 0.231 e. The van der Waals surface area contributed by atoms with E-state index in [0.717, 1.165) is 17.2 Å². The van der Waals surface area contributed by atoms with Crippen LogP contribution in [0.5, 0.6) is 0 Å². The Morgan fingerprint density at radius 2 is 2.11 bits per heavy atom. The maximum absolute atomic E-state index is 10.7. The van der Waals surface area contributed by atoms with E-state index in [1.54, 1.807) is 6.20 Å². The largest absolute Gasteiger partial charge is 0.369 e. The molecule has 0 unspecified atom stereocenters. The third kappa shape index (κ3) is 2.75. The second kappa shape index (κ2) is 5.46. The molecule has 0 radical (unpaired) electrons. The first-order valence-corrected chi connectivity index (χ1v) is 5.76. The molecule has 0 saturated carbocycles. The first-order chi connectivity index (χ1) is 8.68. The molecule has 0 saturated heterocycles. The van der Waals surface area contributed by atoms with Gasteiger partial charge in [0, 0.05) is 12.2 Å². The Balaban J connectivity index is 2.20. The Hall–Kier alpha value is -2.14. The lowest BCUT2D eigenvalue weighted by atomic mass is 10.3. The molecule has 0 aliphatic carbocycles. The van der Waals surface area contributed by atoms with Crippen LogP contribution in [0.15, 0.2) is 36.5 Å². The predicted octanol–water partition coefficient (Wildman–Crippen LogP) is 0.756. The number of nitrogens with zero attached hydrogens (tertiary/aromatic N) is 2. The number of benzene rings is 1. The van der Waals surface area contributed by atoms with Gasteiger partial charge in [-0.3, -0.25) is 9.36 Å². The second-order valence-electron chi connectivity index (χ2n) is 4.04. The van der Waals surface area contributed by atoms with Crippen LogP contribution in [-0.2, 0) is 11.3 Å². The molecular weight excluding hydrogens is 228 g/mol. The number of imidazole rings is 1. The minimum absolute atomic E-state index is 0.166. The van der Waals surface area contributed by atoms with E-state index in [1.807, 2.05) is 41.8 Å². The molecule has 2 aromatic rings. The number of para-hydroxylation sites is 1. The Kier molecular flexibility index (Phi) is 3.74. The van der Waals surface area contributed by atoms with Gasteiger partial charge in [-0.25, -0.2) is 4.98 Å². The number of carbonyl (C=O) groups excluding carboxylic acids is 1. The zero-order valence-corrected chi connectivity index (χ0v) is 10.3. The molecule has 0 fully saturated rings. The highest BCUT2D eigenvalue weighted by Crippen LogP contribution is 2.13. The van der Waals surface area contributed by atoms with Crippen LogP contribution < -0.4 is 11.1 Å². The van der Waals surface area contributed by atoms with Crippen molar-refractivity contribution in [2.24, 2.45) is 5.73 Å². The van der Waals surface area contributed by atoms with Gasteiger partial charge in [0.15, 0.2) is 0 Å². The maximum atomic E-state index is 10.7. The number of primary amides is 1. The fourth-order valence-corrected chi connectivity index (χ4v) is 1.86. The lowest BCUT2D eigenvalue weighted by Crippen LogP contribution is -2.28. The molecule has 1 aromatic carbocycles. The summed E-state index contributed by atoms with van der Waals surface area (Å²) in [7, 11) is 0. The van der Waals surface area contributed by atoms with Gasteiger partial charge in [-0.2, -0.15) is 0 Å². The van der Waals surface area contributed by atoms with Gasteiger partial charge in [-0.15, -0.1) is 0 Å². The molecule has 2 rings (SSSR count). The van der Waals surface area contributed by atoms with Crippen LogP contribution in [0.1, 0.15) is 11.5 Å². The Morgan fingerprint density at radius 1 is 1.39 bits per heavy atom. The van der Waals surface area contributed by atoms with E-state index < -0.39 is 0 Å². The summed E-state index contributed by atoms with van der Waals surface area (Å²) in [5, 5.41) is 2.99. The summed E-state index contributed by atoms with van der Waals surface area (Å²) in [6.07, 6.45) is 1.80. The van der Waals surface area contributed by atoms with Crippen LogP contribution in [0, 0.1) is 6.92 Å². The van der Waals surface area contributed by atoms with Gasteiger partial charge in [0.1, 0.15) is 5.82 Å².